The first-order chi connectivity index (χ1) is 7.75. The molecule has 1 aromatic carbocycles. The minimum Gasteiger partial charge on any atom is -0.453 e. The van der Waals surface area contributed by atoms with Gasteiger partial charge >= 0.3 is 0 Å². The largest absolute Gasteiger partial charge is 0.453 e. The van der Waals surface area contributed by atoms with Crippen molar-refractivity contribution in [2.75, 3.05) is 12.5 Å². The molecule has 6 heteroatoms. The van der Waals surface area contributed by atoms with Crippen molar-refractivity contribution in [1.29, 1.82) is 0 Å². The molecule has 0 spiro atoms. The molecule has 0 amide bonds. The lowest BCUT2D eigenvalue weighted by molar-refractivity contribution is 0.174. The number of nitrogen functional groups attached to an aromatic ring is 1. The lowest BCUT2D eigenvalue weighted by atomic mass is 10.1. The van der Waals surface area contributed by atoms with Gasteiger partial charge in [-0.3, -0.25) is 0 Å². The van der Waals surface area contributed by atoms with Crippen LogP contribution in [-0.2, 0) is 0 Å². The van der Waals surface area contributed by atoms with Gasteiger partial charge in [0.05, 0.1) is 10.6 Å². The summed E-state index contributed by atoms with van der Waals surface area (Å²) < 4.78 is 15.4. The highest BCUT2D eigenvalue weighted by Gasteiger charge is 2.23. The molecule has 2 heterocycles. The fourth-order valence-electron chi connectivity index (χ4n) is 1.58. The SMILES string of the molecule is Nc1cc(-c2ccc(Cl)c3c2OCO3)no1. The third-order valence-corrected chi connectivity index (χ3v) is 2.57. The van der Waals surface area contributed by atoms with E-state index in [0.29, 0.717) is 22.2 Å². The molecular weight excluding hydrogens is 232 g/mol. The number of aromatic nitrogens is 1. The molecule has 2 aromatic rings. The third-order valence-electron chi connectivity index (χ3n) is 2.27. The first-order valence-corrected chi connectivity index (χ1v) is 4.94. The summed E-state index contributed by atoms with van der Waals surface area (Å²) in [7, 11) is 0. The van der Waals surface area contributed by atoms with E-state index in [9.17, 15) is 0 Å². The molecule has 2 N–H and O–H groups in total. The Hall–Kier alpha value is -1.88. The zero-order valence-corrected chi connectivity index (χ0v) is 8.82. The van der Waals surface area contributed by atoms with Crippen molar-refractivity contribution in [3.05, 3.63) is 23.2 Å². The molecule has 82 valence electrons. The zero-order valence-electron chi connectivity index (χ0n) is 8.07. The summed E-state index contributed by atoms with van der Waals surface area (Å²) in [5.74, 6) is 1.35. The summed E-state index contributed by atoms with van der Waals surface area (Å²) in [4.78, 5) is 0. The molecule has 0 aliphatic carbocycles. The van der Waals surface area contributed by atoms with Crippen LogP contribution in [0.3, 0.4) is 0 Å². The summed E-state index contributed by atoms with van der Waals surface area (Å²) in [6.07, 6.45) is 0. The van der Waals surface area contributed by atoms with E-state index in [1.54, 1.807) is 18.2 Å². The van der Waals surface area contributed by atoms with E-state index in [0.717, 1.165) is 5.56 Å². The van der Waals surface area contributed by atoms with Gasteiger partial charge in [0.1, 0.15) is 5.69 Å². The lowest BCUT2D eigenvalue weighted by Crippen LogP contribution is -1.93. The predicted octanol–water partition coefficient (Wildman–Crippen LogP) is 2.31. The lowest BCUT2D eigenvalue weighted by Gasteiger charge is -2.03. The zero-order chi connectivity index (χ0) is 11.1. The maximum absolute atomic E-state index is 5.96. The Morgan fingerprint density at radius 3 is 2.81 bits per heavy atom. The van der Waals surface area contributed by atoms with E-state index in [1.807, 2.05) is 0 Å². The number of rotatable bonds is 1. The Bertz CT molecular complexity index is 553. The number of fused-ring (bicyclic) bond motifs is 1. The molecule has 1 aliphatic rings. The van der Waals surface area contributed by atoms with Gasteiger partial charge in [0.2, 0.25) is 12.7 Å². The topological polar surface area (TPSA) is 70.5 Å². The number of hydrogen-bond donors (Lipinski definition) is 1. The Kier molecular flexibility index (Phi) is 1.94. The smallest absolute Gasteiger partial charge is 0.231 e. The minimum absolute atomic E-state index is 0.152. The maximum Gasteiger partial charge on any atom is 0.231 e. The summed E-state index contributed by atoms with van der Waals surface area (Å²) >= 11 is 5.96. The Morgan fingerprint density at radius 1 is 1.25 bits per heavy atom. The highest BCUT2D eigenvalue weighted by Crippen LogP contribution is 2.45. The summed E-state index contributed by atoms with van der Waals surface area (Å²) in [5, 5.41) is 4.32. The first kappa shape index (κ1) is 9.35. The number of ether oxygens (including phenoxy) is 2. The average Bonchev–Trinajstić information content (AvgIpc) is 2.87. The number of hydrogen-bond acceptors (Lipinski definition) is 5. The van der Waals surface area contributed by atoms with Crippen LogP contribution in [0.15, 0.2) is 22.7 Å². The molecule has 1 aromatic heterocycles. The normalized spacial score (nSPS) is 13.1. The second-order valence-electron chi connectivity index (χ2n) is 3.27. The Labute approximate surface area is 95.7 Å². The van der Waals surface area contributed by atoms with Gasteiger partial charge in [0, 0.05) is 6.07 Å². The second kappa shape index (κ2) is 3.31. The maximum atomic E-state index is 5.96. The standard InChI is InChI=1S/C10H7ClN2O3/c11-6-2-1-5(7-3-8(12)16-13-7)9-10(6)15-4-14-9/h1-3H,4,12H2. The number of nitrogens with two attached hydrogens (primary N) is 1. The van der Waals surface area contributed by atoms with Crippen LogP contribution in [0.25, 0.3) is 11.3 Å². The van der Waals surface area contributed by atoms with Gasteiger partial charge in [0.15, 0.2) is 11.5 Å². The van der Waals surface area contributed by atoms with Crippen molar-refractivity contribution in [3.8, 4) is 22.8 Å². The van der Waals surface area contributed by atoms with Crippen molar-refractivity contribution in [3.63, 3.8) is 0 Å². The molecule has 0 atom stereocenters. The predicted molar refractivity (Wildman–Crippen MR) is 57.5 cm³/mol. The van der Waals surface area contributed by atoms with Gasteiger partial charge in [-0.25, -0.2) is 0 Å². The summed E-state index contributed by atoms with van der Waals surface area (Å²) in [5.41, 5.74) is 6.80. The fraction of sp³-hybridized carbons (Fsp3) is 0.100. The van der Waals surface area contributed by atoms with E-state index in [-0.39, 0.29) is 12.7 Å². The quantitative estimate of drug-likeness (QED) is 0.826. The number of halogens is 1. The van der Waals surface area contributed by atoms with Crippen molar-refractivity contribution in [2.45, 2.75) is 0 Å². The Morgan fingerprint density at radius 2 is 2.06 bits per heavy atom. The van der Waals surface area contributed by atoms with Crippen LogP contribution in [-0.4, -0.2) is 11.9 Å². The molecule has 0 unspecified atom stereocenters. The van der Waals surface area contributed by atoms with Crippen LogP contribution < -0.4 is 15.2 Å². The second-order valence-corrected chi connectivity index (χ2v) is 3.68. The van der Waals surface area contributed by atoms with Gasteiger partial charge in [-0.15, -0.1) is 0 Å². The van der Waals surface area contributed by atoms with Crippen molar-refractivity contribution < 1.29 is 14.0 Å². The molecule has 1 aliphatic heterocycles. The molecule has 0 saturated carbocycles. The van der Waals surface area contributed by atoms with Gasteiger partial charge in [-0.05, 0) is 12.1 Å². The van der Waals surface area contributed by atoms with E-state index >= 15 is 0 Å². The van der Waals surface area contributed by atoms with Gasteiger partial charge in [0.25, 0.3) is 0 Å². The number of nitrogens with zero attached hydrogens (tertiary/aromatic N) is 1. The van der Waals surface area contributed by atoms with Crippen molar-refractivity contribution in [1.82, 2.24) is 5.16 Å². The van der Waals surface area contributed by atoms with Crippen LogP contribution in [0.2, 0.25) is 5.02 Å². The summed E-state index contributed by atoms with van der Waals surface area (Å²) in [6.45, 7) is 0.152. The number of benzene rings is 1. The molecule has 0 saturated heterocycles. The van der Waals surface area contributed by atoms with E-state index in [1.165, 1.54) is 0 Å². The first-order valence-electron chi connectivity index (χ1n) is 4.56. The van der Waals surface area contributed by atoms with Gasteiger partial charge < -0.3 is 19.7 Å². The van der Waals surface area contributed by atoms with E-state index < -0.39 is 0 Å². The number of anilines is 1. The fourth-order valence-corrected chi connectivity index (χ4v) is 1.79. The molecule has 0 radical (unpaired) electrons. The van der Waals surface area contributed by atoms with E-state index in [4.69, 9.17) is 31.3 Å². The molecule has 0 fully saturated rings. The van der Waals surface area contributed by atoms with Crippen LogP contribution in [0.4, 0.5) is 5.88 Å². The van der Waals surface area contributed by atoms with E-state index in [2.05, 4.69) is 5.16 Å². The minimum atomic E-state index is 0.152. The Balaban J connectivity index is 2.19. The molecule has 16 heavy (non-hydrogen) atoms. The molecule has 0 bridgehead atoms. The van der Waals surface area contributed by atoms with Crippen molar-refractivity contribution >= 4 is 17.5 Å². The van der Waals surface area contributed by atoms with Crippen LogP contribution in [0.1, 0.15) is 0 Å². The summed E-state index contributed by atoms with van der Waals surface area (Å²) in [6, 6.07) is 5.12. The average molecular weight is 239 g/mol. The van der Waals surface area contributed by atoms with Crippen LogP contribution >= 0.6 is 11.6 Å². The molecule has 3 rings (SSSR count). The molecular formula is C10H7ClN2O3. The monoisotopic (exact) mass is 238 g/mol. The highest BCUT2D eigenvalue weighted by atomic mass is 35.5. The van der Waals surface area contributed by atoms with Crippen molar-refractivity contribution in [2.24, 2.45) is 0 Å². The van der Waals surface area contributed by atoms with Gasteiger partial charge in [-0.1, -0.05) is 16.8 Å². The molecule has 5 nitrogen and oxygen atoms in total. The highest BCUT2D eigenvalue weighted by molar-refractivity contribution is 6.32. The van der Waals surface area contributed by atoms with Crippen LogP contribution in [0.5, 0.6) is 11.5 Å². The third kappa shape index (κ3) is 1.29. The van der Waals surface area contributed by atoms with Gasteiger partial charge in [-0.2, -0.15) is 0 Å². The van der Waals surface area contributed by atoms with Crippen LogP contribution in [0, 0.1) is 0 Å².